The monoisotopic (exact) mass is 160 g/mol. The Morgan fingerprint density at radius 2 is 2.22 bits per heavy atom. The highest BCUT2D eigenvalue weighted by Gasteiger charge is 2.61. The molecule has 0 radical (unpaired) electrons. The molecular weight excluding hydrogens is 147 g/mol. The lowest BCUT2D eigenvalue weighted by Crippen LogP contribution is -2.61. The van der Waals surface area contributed by atoms with Crippen LogP contribution < -0.4 is 0 Å². The van der Waals surface area contributed by atoms with E-state index < -0.39 is 0 Å². The standard InChI is InChI=1S/C7H13PS/c1-4-5(2)7(8)6(4)3-9-7/h4-6H,3,8H2,1-2H3. The molecule has 2 heteroatoms. The maximum atomic E-state index is 3.03. The van der Waals surface area contributed by atoms with Crippen LogP contribution in [0.1, 0.15) is 13.8 Å². The first-order valence-electron chi connectivity index (χ1n) is 3.59. The SMILES string of the molecule is CC1C(C)C2(P)SCC12. The van der Waals surface area contributed by atoms with Crippen molar-refractivity contribution < 1.29 is 0 Å². The lowest BCUT2D eigenvalue weighted by Gasteiger charge is -2.64. The summed E-state index contributed by atoms with van der Waals surface area (Å²) in [7, 11) is 3.03. The average Bonchev–Trinajstić information content (AvgIpc) is 1.82. The summed E-state index contributed by atoms with van der Waals surface area (Å²) >= 11 is 2.13. The highest BCUT2D eigenvalue weighted by molar-refractivity contribution is 8.05. The third-order valence-corrected chi connectivity index (χ3v) is 6.38. The van der Waals surface area contributed by atoms with E-state index in [4.69, 9.17) is 0 Å². The molecule has 9 heavy (non-hydrogen) atoms. The fraction of sp³-hybridized carbons (Fsp3) is 1.00. The summed E-state index contributed by atoms with van der Waals surface area (Å²) in [4.78, 5) is 0. The molecule has 0 amide bonds. The Bertz CT molecular complexity index is 140. The molecule has 0 aromatic heterocycles. The minimum atomic E-state index is 0.624. The van der Waals surface area contributed by atoms with Gasteiger partial charge in [-0.15, -0.1) is 9.24 Å². The van der Waals surface area contributed by atoms with E-state index in [-0.39, 0.29) is 0 Å². The van der Waals surface area contributed by atoms with Crippen molar-refractivity contribution >= 4 is 21.0 Å². The Morgan fingerprint density at radius 3 is 2.33 bits per heavy atom. The van der Waals surface area contributed by atoms with E-state index in [1.165, 1.54) is 5.75 Å². The van der Waals surface area contributed by atoms with Crippen LogP contribution in [0.15, 0.2) is 0 Å². The van der Waals surface area contributed by atoms with Gasteiger partial charge < -0.3 is 0 Å². The van der Waals surface area contributed by atoms with Crippen molar-refractivity contribution in [3.8, 4) is 0 Å². The molecule has 1 aliphatic carbocycles. The number of rotatable bonds is 0. The largest absolute Gasteiger partial charge is 0.150 e. The summed E-state index contributed by atoms with van der Waals surface area (Å²) < 4.78 is 0.624. The van der Waals surface area contributed by atoms with Crippen LogP contribution >= 0.6 is 21.0 Å². The van der Waals surface area contributed by atoms with Crippen LogP contribution in [0, 0.1) is 17.8 Å². The number of fused-ring (bicyclic) bond motifs is 1. The van der Waals surface area contributed by atoms with E-state index in [0.29, 0.717) is 4.49 Å². The lowest BCUT2D eigenvalue weighted by atomic mass is 9.65. The minimum Gasteiger partial charge on any atom is -0.150 e. The zero-order valence-electron chi connectivity index (χ0n) is 5.92. The van der Waals surface area contributed by atoms with Gasteiger partial charge in [-0.25, -0.2) is 0 Å². The predicted octanol–water partition coefficient (Wildman–Crippen LogP) is 2.21. The average molecular weight is 160 g/mol. The molecule has 1 saturated carbocycles. The van der Waals surface area contributed by atoms with E-state index >= 15 is 0 Å². The zero-order valence-corrected chi connectivity index (χ0v) is 7.90. The van der Waals surface area contributed by atoms with Gasteiger partial charge in [0.1, 0.15) is 0 Å². The molecular formula is C7H13PS. The molecule has 0 spiro atoms. The van der Waals surface area contributed by atoms with Gasteiger partial charge in [0.25, 0.3) is 0 Å². The number of thioether (sulfide) groups is 1. The van der Waals surface area contributed by atoms with Crippen molar-refractivity contribution in [3.05, 3.63) is 0 Å². The van der Waals surface area contributed by atoms with Crippen molar-refractivity contribution in [2.45, 2.75) is 18.3 Å². The van der Waals surface area contributed by atoms with Gasteiger partial charge in [0, 0.05) is 4.49 Å². The number of hydrogen-bond donors (Lipinski definition) is 0. The molecule has 0 bridgehead atoms. The van der Waals surface area contributed by atoms with Crippen LogP contribution in [0.4, 0.5) is 0 Å². The fourth-order valence-corrected chi connectivity index (χ4v) is 4.97. The Balaban J connectivity index is 2.14. The maximum Gasteiger partial charge on any atom is 0.0367 e. The van der Waals surface area contributed by atoms with Crippen LogP contribution in [0.25, 0.3) is 0 Å². The molecule has 1 heterocycles. The van der Waals surface area contributed by atoms with Crippen molar-refractivity contribution in [3.63, 3.8) is 0 Å². The summed E-state index contributed by atoms with van der Waals surface area (Å²) in [5, 5.41) is 0. The minimum absolute atomic E-state index is 0.624. The third kappa shape index (κ3) is 0.563. The highest BCUT2D eigenvalue weighted by Crippen LogP contribution is 2.69. The Morgan fingerprint density at radius 1 is 1.56 bits per heavy atom. The van der Waals surface area contributed by atoms with Gasteiger partial charge in [0.05, 0.1) is 0 Å². The van der Waals surface area contributed by atoms with Crippen molar-refractivity contribution in [1.29, 1.82) is 0 Å². The second kappa shape index (κ2) is 1.68. The normalized spacial score (nSPS) is 63.7. The lowest BCUT2D eigenvalue weighted by molar-refractivity contribution is 0.0942. The molecule has 0 nitrogen and oxygen atoms in total. The smallest absolute Gasteiger partial charge is 0.0367 e. The maximum absolute atomic E-state index is 3.03. The molecule has 2 rings (SSSR count). The summed E-state index contributed by atoms with van der Waals surface area (Å²) in [5.74, 6) is 4.37. The van der Waals surface area contributed by atoms with E-state index in [2.05, 4.69) is 34.8 Å². The van der Waals surface area contributed by atoms with Crippen LogP contribution in [0.5, 0.6) is 0 Å². The summed E-state index contributed by atoms with van der Waals surface area (Å²) in [6.45, 7) is 4.76. The quantitative estimate of drug-likeness (QED) is 0.489. The molecule has 1 saturated heterocycles. The molecule has 0 aromatic rings. The van der Waals surface area contributed by atoms with Gasteiger partial charge in [-0.1, -0.05) is 13.8 Å². The van der Waals surface area contributed by atoms with Crippen LogP contribution in [-0.4, -0.2) is 10.2 Å². The van der Waals surface area contributed by atoms with E-state index in [0.717, 1.165) is 17.8 Å². The molecule has 2 aliphatic rings. The number of hydrogen-bond acceptors (Lipinski definition) is 1. The van der Waals surface area contributed by atoms with Gasteiger partial charge in [-0.05, 0) is 23.5 Å². The second-order valence-electron chi connectivity index (χ2n) is 3.42. The molecule has 0 N–H and O–H groups in total. The first-order chi connectivity index (χ1) is 4.16. The van der Waals surface area contributed by atoms with E-state index in [1.54, 1.807) is 0 Å². The topological polar surface area (TPSA) is 0 Å². The first-order valence-corrected chi connectivity index (χ1v) is 5.15. The Kier molecular flexibility index (Phi) is 1.21. The van der Waals surface area contributed by atoms with Gasteiger partial charge >= 0.3 is 0 Å². The molecule has 2 fully saturated rings. The van der Waals surface area contributed by atoms with Gasteiger partial charge in [0.15, 0.2) is 0 Å². The van der Waals surface area contributed by atoms with Crippen LogP contribution in [-0.2, 0) is 0 Å². The van der Waals surface area contributed by atoms with Crippen molar-refractivity contribution in [2.24, 2.45) is 17.8 Å². The highest BCUT2D eigenvalue weighted by atomic mass is 32.2. The fourth-order valence-electron chi connectivity index (χ4n) is 2.04. The van der Waals surface area contributed by atoms with Crippen molar-refractivity contribution in [2.75, 3.05) is 5.75 Å². The molecule has 1 aliphatic heterocycles. The Hall–Kier alpha value is 0.780. The summed E-state index contributed by atoms with van der Waals surface area (Å²) in [6, 6.07) is 0. The van der Waals surface area contributed by atoms with Crippen molar-refractivity contribution in [1.82, 2.24) is 0 Å². The van der Waals surface area contributed by atoms with Crippen LogP contribution in [0.2, 0.25) is 0 Å². The van der Waals surface area contributed by atoms with Gasteiger partial charge in [-0.2, -0.15) is 11.8 Å². The molecule has 0 aromatic carbocycles. The predicted molar refractivity (Wildman–Crippen MR) is 46.7 cm³/mol. The van der Waals surface area contributed by atoms with E-state index in [1.807, 2.05) is 0 Å². The van der Waals surface area contributed by atoms with Crippen LogP contribution in [0.3, 0.4) is 0 Å². The Labute approximate surface area is 63.4 Å². The zero-order chi connectivity index (χ0) is 6.65. The second-order valence-corrected chi connectivity index (χ2v) is 6.12. The van der Waals surface area contributed by atoms with Gasteiger partial charge in [0.2, 0.25) is 0 Å². The van der Waals surface area contributed by atoms with E-state index in [9.17, 15) is 0 Å². The van der Waals surface area contributed by atoms with Gasteiger partial charge in [-0.3, -0.25) is 0 Å². The molecule has 5 atom stereocenters. The molecule has 52 valence electrons. The summed E-state index contributed by atoms with van der Waals surface area (Å²) in [6.07, 6.45) is 0. The molecule has 5 unspecified atom stereocenters. The first kappa shape index (κ1) is 6.49. The summed E-state index contributed by atoms with van der Waals surface area (Å²) in [5.41, 5.74) is 0. The third-order valence-electron chi connectivity index (χ3n) is 3.23.